The maximum absolute atomic E-state index is 12.0. The van der Waals surface area contributed by atoms with Gasteiger partial charge in [0.1, 0.15) is 0 Å². The zero-order valence-electron chi connectivity index (χ0n) is 9.42. The Morgan fingerprint density at radius 3 is 2.93 bits per heavy atom. The summed E-state index contributed by atoms with van der Waals surface area (Å²) in [7, 11) is 2.02. The Morgan fingerprint density at radius 2 is 2.27 bits per heavy atom. The molecule has 1 atom stereocenters. The van der Waals surface area contributed by atoms with Crippen molar-refractivity contribution in [3.05, 3.63) is 23.0 Å². The Balaban J connectivity index is 2.34. The van der Waals surface area contributed by atoms with Gasteiger partial charge in [-0.25, -0.2) is 0 Å². The van der Waals surface area contributed by atoms with E-state index in [2.05, 4.69) is 4.57 Å². The number of carbonyl (C=O) groups excluding carboxylic acids is 1. The van der Waals surface area contributed by atoms with Gasteiger partial charge in [0.2, 0.25) is 0 Å². The van der Waals surface area contributed by atoms with Crippen LogP contribution in [0.3, 0.4) is 0 Å². The first kappa shape index (κ1) is 10.4. The van der Waals surface area contributed by atoms with Crippen LogP contribution in [-0.2, 0) is 13.5 Å². The topological polar surface area (TPSA) is 48.0 Å². The van der Waals surface area contributed by atoms with Crippen molar-refractivity contribution < 1.29 is 4.79 Å². The monoisotopic (exact) mass is 206 g/mol. The van der Waals surface area contributed by atoms with Crippen molar-refractivity contribution in [2.75, 3.05) is 6.54 Å². The molecule has 1 aliphatic carbocycles. The maximum atomic E-state index is 12.0. The normalized spacial score (nSPS) is 20.5. The molecule has 0 aliphatic heterocycles. The van der Waals surface area contributed by atoms with Gasteiger partial charge in [-0.05, 0) is 37.8 Å². The molecule has 2 rings (SSSR count). The first-order valence-electron chi connectivity index (χ1n) is 5.51. The van der Waals surface area contributed by atoms with Gasteiger partial charge in [0, 0.05) is 30.9 Å². The fourth-order valence-electron chi connectivity index (χ4n) is 2.61. The Hall–Kier alpha value is -1.09. The van der Waals surface area contributed by atoms with Crippen LogP contribution in [0.4, 0.5) is 0 Å². The average Bonchev–Trinajstić information content (AvgIpc) is 2.43. The zero-order valence-corrected chi connectivity index (χ0v) is 9.42. The van der Waals surface area contributed by atoms with Crippen molar-refractivity contribution in [3.63, 3.8) is 0 Å². The molecule has 0 spiro atoms. The van der Waals surface area contributed by atoms with Gasteiger partial charge in [-0.15, -0.1) is 0 Å². The number of rotatable bonds is 2. The number of aryl methyl sites for hydroxylation is 2. The molecule has 3 nitrogen and oxygen atoms in total. The predicted octanol–water partition coefficient (Wildman–Crippen LogP) is 1.43. The van der Waals surface area contributed by atoms with E-state index in [-0.39, 0.29) is 0 Å². The highest BCUT2D eigenvalue weighted by atomic mass is 16.1. The summed E-state index contributed by atoms with van der Waals surface area (Å²) in [5.74, 6) is 0.746. The molecule has 3 heteroatoms. The molecule has 1 aliphatic rings. The number of aromatic nitrogens is 1. The fraction of sp³-hybridized carbons (Fsp3) is 0.583. The lowest BCUT2D eigenvalue weighted by Crippen LogP contribution is -2.23. The lowest BCUT2D eigenvalue weighted by atomic mass is 9.84. The largest absolute Gasteiger partial charge is 0.353 e. The van der Waals surface area contributed by atoms with Gasteiger partial charge in [-0.3, -0.25) is 4.79 Å². The minimum absolute atomic E-state index is 0.299. The van der Waals surface area contributed by atoms with E-state index in [0.29, 0.717) is 24.7 Å². The predicted molar refractivity (Wildman–Crippen MR) is 60.0 cm³/mol. The van der Waals surface area contributed by atoms with E-state index >= 15 is 0 Å². The number of carbonyl (C=O) groups is 1. The average molecular weight is 206 g/mol. The van der Waals surface area contributed by atoms with Gasteiger partial charge in [-0.2, -0.15) is 0 Å². The molecule has 0 saturated heterocycles. The van der Waals surface area contributed by atoms with Crippen LogP contribution >= 0.6 is 0 Å². The third kappa shape index (κ3) is 1.72. The highest BCUT2D eigenvalue weighted by molar-refractivity contribution is 5.99. The molecule has 1 aromatic heterocycles. The van der Waals surface area contributed by atoms with Crippen LogP contribution in [0.5, 0.6) is 0 Å². The number of nitrogens with two attached hydrogens (primary N) is 1. The van der Waals surface area contributed by atoms with E-state index in [0.717, 1.165) is 24.0 Å². The Morgan fingerprint density at radius 1 is 1.53 bits per heavy atom. The number of hydrogen-bond donors (Lipinski definition) is 1. The quantitative estimate of drug-likeness (QED) is 0.795. The van der Waals surface area contributed by atoms with Crippen molar-refractivity contribution in [3.8, 4) is 0 Å². The fourth-order valence-corrected chi connectivity index (χ4v) is 2.61. The highest BCUT2D eigenvalue weighted by Crippen LogP contribution is 2.30. The Bertz CT molecular complexity index is 393. The molecule has 0 radical (unpaired) electrons. The first-order valence-corrected chi connectivity index (χ1v) is 5.51. The van der Waals surface area contributed by atoms with Crippen molar-refractivity contribution in [1.29, 1.82) is 0 Å². The second-order valence-electron chi connectivity index (χ2n) is 4.52. The molecule has 2 N–H and O–H groups in total. The minimum Gasteiger partial charge on any atom is -0.353 e. The Kier molecular flexibility index (Phi) is 2.65. The molecular weight excluding hydrogens is 188 g/mol. The lowest BCUT2D eigenvalue weighted by molar-refractivity contribution is 0.0945. The van der Waals surface area contributed by atoms with Crippen molar-refractivity contribution in [1.82, 2.24) is 4.57 Å². The van der Waals surface area contributed by atoms with Crippen LogP contribution in [0.15, 0.2) is 6.20 Å². The SMILES string of the molecule is Cc1cn(C)c2c1C(=O)CC(CCN)C2. The number of hydrogen-bond acceptors (Lipinski definition) is 2. The number of Topliss-reactive ketones (excluding diaryl/α,β-unsaturated/α-hetero) is 1. The molecule has 1 aromatic rings. The summed E-state index contributed by atoms with van der Waals surface area (Å²) in [6, 6.07) is 0. The Labute approximate surface area is 90.3 Å². The number of fused-ring (bicyclic) bond motifs is 1. The van der Waals surface area contributed by atoms with Crippen molar-refractivity contribution >= 4 is 5.78 Å². The summed E-state index contributed by atoms with van der Waals surface area (Å²) < 4.78 is 2.09. The van der Waals surface area contributed by atoms with Gasteiger partial charge in [0.15, 0.2) is 5.78 Å². The van der Waals surface area contributed by atoms with E-state index in [1.165, 1.54) is 5.69 Å². The summed E-state index contributed by atoms with van der Waals surface area (Å²) in [4.78, 5) is 12.0. The van der Waals surface area contributed by atoms with E-state index < -0.39 is 0 Å². The summed E-state index contributed by atoms with van der Waals surface area (Å²) in [6.07, 6.45) is 4.68. The molecule has 0 fully saturated rings. The summed E-state index contributed by atoms with van der Waals surface area (Å²) >= 11 is 0. The van der Waals surface area contributed by atoms with Gasteiger partial charge in [-0.1, -0.05) is 0 Å². The second kappa shape index (κ2) is 3.81. The van der Waals surface area contributed by atoms with Gasteiger partial charge < -0.3 is 10.3 Å². The van der Waals surface area contributed by atoms with Crippen LogP contribution < -0.4 is 5.73 Å². The third-order valence-corrected chi connectivity index (χ3v) is 3.31. The summed E-state index contributed by atoms with van der Waals surface area (Å²) in [5.41, 5.74) is 8.82. The van der Waals surface area contributed by atoms with Crippen LogP contribution in [-0.4, -0.2) is 16.9 Å². The lowest BCUT2D eigenvalue weighted by Gasteiger charge is -2.22. The summed E-state index contributed by atoms with van der Waals surface area (Å²) in [6.45, 7) is 2.69. The first-order chi connectivity index (χ1) is 7.13. The molecule has 15 heavy (non-hydrogen) atoms. The zero-order chi connectivity index (χ0) is 11.0. The van der Waals surface area contributed by atoms with Crippen molar-refractivity contribution in [2.45, 2.75) is 26.2 Å². The van der Waals surface area contributed by atoms with E-state index in [4.69, 9.17) is 5.73 Å². The van der Waals surface area contributed by atoms with Crippen LogP contribution in [0.25, 0.3) is 0 Å². The van der Waals surface area contributed by atoms with E-state index in [1.807, 2.05) is 20.2 Å². The van der Waals surface area contributed by atoms with Crippen molar-refractivity contribution in [2.24, 2.45) is 18.7 Å². The second-order valence-corrected chi connectivity index (χ2v) is 4.52. The number of ketones is 1. The van der Waals surface area contributed by atoms with Crippen LogP contribution in [0.1, 0.15) is 34.5 Å². The summed E-state index contributed by atoms with van der Waals surface area (Å²) in [5, 5.41) is 0. The van der Waals surface area contributed by atoms with Gasteiger partial charge in [0.25, 0.3) is 0 Å². The molecular formula is C12H18N2O. The van der Waals surface area contributed by atoms with Gasteiger partial charge in [0.05, 0.1) is 0 Å². The smallest absolute Gasteiger partial charge is 0.165 e. The molecule has 0 bridgehead atoms. The van der Waals surface area contributed by atoms with E-state index in [9.17, 15) is 4.79 Å². The molecule has 1 unspecified atom stereocenters. The maximum Gasteiger partial charge on any atom is 0.165 e. The van der Waals surface area contributed by atoms with Crippen LogP contribution in [0, 0.1) is 12.8 Å². The standard InChI is InChI=1S/C12H18N2O/c1-8-7-14(2)10-5-9(3-4-13)6-11(15)12(8)10/h7,9H,3-6,13H2,1-2H3. The molecule has 0 amide bonds. The third-order valence-electron chi connectivity index (χ3n) is 3.31. The molecule has 0 saturated carbocycles. The van der Waals surface area contributed by atoms with E-state index in [1.54, 1.807) is 0 Å². The molecule has 82 valence electrons. The minimum atomic E-state index is 0.299. The number of nitrogens with zero attached hydrogens (tertiary/aromatic N) is 1. The molecule has 1 heterocycles. The molecule has 0 aromatic carbocycles. The van der Waals surface area contributed by atoms with Gasteiger partial charge >= 0.3 is 0 Å². The highest BCUT2D eigenvalue weighted by Gasteiger charge is 2.28. The van der Waals surface area contributed by atoms with Crippen LogP contribution in [0.2, 0.25) is 0 Å².